The molecule has 1 aromatic heterocycles. The van der Waals surface area contributed by atoms with Gasteiger partial charge >= 0.3 is 0 Å². The van der Waals surface area contributed by atoms with Gasteiger partial charge in [-0.15, -0.1) is 11.3 Å². The topological polar surface area (TPSA) is 41.6 Å². The minimum Gasteiger partial charge on any atom is -0.370 e. The minimum atomic E-state index is 0.114. The molecular weight excluding hydrogens is 242 g/mol. The second kappa shape index (κ2) is 5.74. The number of nitrogens with zero attached hydrogens (tertiary/aromatic N) is 2. The van der Waals surface area contributed by atoms with E-state index in [9.17, 15) is 0 Å². The number of rotatable bonds is 6. The Bertz CT molecular complexity index is 399. The van der Waals surface area contributed by atoms with Crippen LogP contribution in [0, 0.1) is 0 Å². The van der Waals surface area contributed by atoms with E-state index in [2.05, 4.69) is 41.3 Å². The van der Waals surface area contributed by atoms with Crippen LogP contribution in [0.5, 0.6) is 0 Å². The molecule has 1 unspecified atom stereocenters. The summed E-state index contributed by atoms with van der Waals surface area (Å²) in [5.74, 6) is 0.711. The molecule has 0 aromatic carbocycles. The van der Waals surface area contributed by atoms with Crippen molar-refractivity contribution in [3.05, 3.63) is 22.4 Å². The smallest absolute Gasteiger partial charge is 0.192 e. The summed E-state index contributed by atoms with van der Waals surface area (Å²) in [5, 5.41) is 2.12. The second-order valence-corrected chi connectivity index (χ2v) is 6.33. The zero-order chi connectivity index (χ0) is 13.0. The summed E-state index contributed by atoms with van der Waals surface area (Å²) in [5.41, 5.74) is 6.17. The Kier molecular flexibility index (Phi) is 4.27. The van der Waals surface area contributed by atoms with Gasteiger partial charge in [0.15, 0.2) is 5.96 Å². The Morgan fingerprint density at radius 2 is 2.33 bits per heavy atom. The summed E-state index contributed by atoms with van der Waals surface area (Å²) in [6, 6.07) is 4.26. The Labute approximate surface area is 114 Å². The third-order valence-corrected chi connectivity index (χ3v) is 4.58. The third-order valence-electron chi connectivity index (χ3n) is 3.72. The van der Waals surface area contributed by atoms with Crippen molar-refractivity contribution in [3.63, 3.8) is 0 Å². The van der Waals surface area contributed by atoms with Crippen LogP contribution in [-0.4, -0.2) is 22.9 Å². The van der Waals surface area contributed by atoms with Crippen molar-refractivity contribution >= 4 is 17.3 Å². The van der Waals surface area contributed by atoms with Crippen molar-refractivity contribution in [1.82, 2.24) is 4.90 Å². The highest BCUT2D eigenvalue weighted by Crippen LogP contribution is 2.29. The van der Waals surface area contributed by atoms with Crippen molar-refractivity contribution in [1.29, 1.82) is 0 Å². The molecular formula is C14H23N3S. The monoisotopic (exact) mass is 265 g/mol. The van der Waals surface area contributed by atoms with Gasteiger partial charge in [-0.2, -0.15) is 0 Å². The SMILES string of the molecule is CCCCCC1(C)CN=C(N)N1Cc1cccs1. The van der Waals surface area contributed by atoms with Crippen LogP contribution in [0.3, 0.4) is 0 Å². The number of nitrogens with two attached hydrogens (primary N) is 1. The quantitative estimate of drug-likeness (QED) is 0.802. The van der Waals surface area contributed by atoms with E-state index >= 15 is 0 Å². The number of guanidine groups is 1. The maximum atomic E-state index is 6.06. The van der Waals surface area contributed by atoms with Gasteiger partial charge in [0, 0.05) is 4.88 Å². The summed E-state index contributed by atoms with van der Waals surface area (Å²) in [6.07, 6.45) is 4.99. The molecule has 4 heteroatoms. The summed E-state index contributed by atoms with van der Waals surface area (Å²) < 4.78 is 0. The largest absolute Gasteiger partial charge is 0.370 e. The minimum absolute atomic E-state index is 0.114. The molecule has 0 fully saturated rings. The fourth-order valence-corrected chi connectivity index (χ4v) is 3.19. The standard InChI is InChI=1S/C14H23N3S/c1-3-4-5-8-14(2)11-16-13(15)17(14)10-12-7-6-9-18-12/h6-7,9H,3-5,8,10-11H2,1-2H3,(H2,15,16). The number of hydrogen-bond acceptors (Lipinski definition) is 4. The Morgan fingerprint density at radius 1 is 1.50 bits per heavy atom. The lowest BCUT2D eigenvalue weighted by atomic mass is 9.93. The van der Waals surface area contributed by atoms with E-state index in [4.69, 9.17) is 5.73 Å². The van der Waals surface area contributed by atoms with E-state index < -0.39 is 0 Å². The first-order chi connectivity index (χ1) is 8.65. The van der Waals surface area contributed by atoms with E-state index in [-0.39, 0.29) is 5.54 Å². The molecule has 0 spiro atoms. The summed E-state index contributed by atoms with van der Waals surface area (Å²) in [7, 11) is 0. The average Bonchev–Trinajstić information content (AvgIpc) is 2.94. The van der Waals surface area contributed by atoms with E-state index in [1.54, 1.807) is 11.3 Å². The van der Waals surface area contributed by atoms with Crippen molar-refractivity contribution in [2.45, 2.75) is 51.6 Å². The maximum Gasteiger partial charge on any atom is 0.192 e. The van der Waals surface area contributed by atoms with Crippen molar-refractivity contribution in [3.8, 4) is 0 Å². The lowest BCUT2D eigenvalue weighted by Gasteiger charge is -2.36. The molecule has 2 N–H and O–H groups in total. The van der Waals surface area contributed by atoms with Gasteiger partial charge in [-0.25, -0.2) is 0 Å². The van der Waals surface area contributed by atoms with Gasteiger partial charge in [-0.1, -0.05) is 32.3 Å². The molecule has 0 saturated heterocycles. The van der Waals surface area contributed by atoms with Gasteiger partial charge in [0.05, 0.1) is 18.6 Å². The van der Waals surface area contributed by atoms with Gasteiger partial charge in [0.1, 0.15) is 0 Å². The first kappa shape index (κ1) is 13.4. The van der Waals surface area contributed by atoms with Crippen molar-refractivity contribution in [2.75, 3.05) is 6.54 Å². The van der Waals surface area contributed by atoms with Gasteiger partial charge < -0.3 is 10.6 Å². The van der Waals surface area contributed by atoms with Crippen LogP contribution in [0.15, 0.2) is 22.5 Å². The zero-order valence-electron chi connectivity index (χ0n) is 11.4. The van der Waals surface area contributed by atoms with Crippen LogP contribution in [0.25, 0.3) is 0 Å². The first-order valence-electron chi connectivity index (χ1n) is 6.75. The molecule has 18 heavy (non-hydrogen) atoms. The Hall–Kier alpha value is -1.03. The zero-order valence-corrected chi connectivity index (χ0v) is 12.2. The van der Waals surface area contributed by atoms with Crippen LogP contribution < -0.4 is 5.73 Å². The van der Waals surface area contributed by atoms with Gasteiger partial charge in [0.2, 0.25) is 0 Å². The van der Waals surface area contributed by atoms with Gasteiger partial charge in [-0.05, 0) is 24.8 Å². The highest BCUT2D eigenvalue weighted by molar-refractivity contribution is 7.09. The van der Waals surface area contributed by atoms with Gasteiger partial charge in [-0.3, -0.25) is 4.99 Å². The molecule has 0 radical (unpaired) electrons. The molecule has 0 amide bonds. The molecule has 0 saturated carbocycles. The third kappa shape index (κ3) is 2.86. The predicted molar refractivity (Wildman–Crippen MR) is 78.9 cm³/mol. The summed E-state index contributed by atoms with van der Waals surface area (Å²) >= 11 is 1.79. The molecule has 1 aliphatic rings. The Morgan fingerprint density at radius 3 is 3.00 bits per heavy atom. The molecule has 1 aromatic rings. The highest BCUT2D eigenvalue weighted by atomic mass is 32.1. The number of hydrogen-bond donors (Lipinski definition) is 1. The van der Waals surface area contributed by atoms with E-state index in [1.807, 2.05) is 0 Å². The van der Waals surface area contributed by atoms with Crippen LogP contribution in [-0.2, 0) is 6.54 Å². The summed E-state index contributed by atoms with van der Waals surface area (Å²) in [4.78, 5) is 8.10. The van der Waals surface area contributed by atoms with Gasteiger partial charge in [0.25, 0.3) is 0 Å². The second-order valence-electron chi connectivity index (χ2n) is 5.29. The van der Waals surface area contributed by atoms with Crippen LogP contribution in [0.4, 0.5) is 0 Å². The average molecular weight is 265 g/mol. The Balaban J connectivity index is 2.01. The lowest BCUT2D eigenvalue weighted by Crippen LogP contribution is -2.48. The number of aliphatic imine (C=N–C) groups is 1. The van der Waals surface area contributed by atoms with E-state index in [0.717, 1.165) is 13.1 Å². The molecule has 0 bridgehead atoms. The molecule has 2 rings (SSSR count). The highest BCUT2D eigenvalue weighted by Gasteiger charge is 2.37. The van der Waals surface area contributed by atoms with Crippen molar-refractivity contribution in [2.24, 2.45) is 10.7 Å². The first-order valence-corrected chi connectivity index (χ1v) is 7.63. The molecule has 3 nitrogen and oxygen atoms in total. The van der Waals surface area contributed by atoms with Crippen LogP contribution >= 0.6 is 11.3 Å². The fraction of sp³-hybridized carbons (Fsp3) is 0.643. The van der Waals surface area contributed by atoms with Crippen LogP contribution in [0.1, 0.15) is 44.4 Å². The number of thiophene rings is 1. The van der Waals surface area contributed by atoms with Crippen molar-refractivity contribution < 1.29 is 0 Å². The predicted octanol–water partition coefficient (Wildman–Crippen LogP) is 3.22. The molecule has 100 valence electrons. The van der Waals surface area contributed by atoms with Crippen LogP contribution in [0.2, 0.25) is 0 Å². The van der Waals surface area contributed by atoms with E-state index in [0.29, 0.717) is 5.96 Å². The molecule has 1 aliphatic heterocycles. The number of unbranched alkanes of at least 4 members (excludes halogenated alkanes) is 2. The molecule has 0 aliphatic carbocycles. The fourth-order valence-electron chi connectivity index (χ4n) is 2.50. The summed E-state index contributed by atoms with van der Waals surface area (Å²) in [6.45, 7) is 6.27. The van der Waals surface area contributed by atoms with E-state index in [1.165, 1.54) is 30.6 Å². The lowest BCUT2D eigenvalue weighted by molar-refractivity contribution is 0.197. The maximum absolute atomic E-state index is 6.06. The molecule has 1 atom stereocenters. The molecule has 2 heterocycles. The normalized spacial score (nSPS) is 23.4.